The number of halogens is 3. The monoisotopic (exact) mass is 351 g/mol. The van der Waals surface area contributed by atoms with Crippen LogP contribution in [0.2, 0.25) is 0 Å². The number of hydrogen-bond acceptors (Lipinski definition) is 5. The summed E-state index contributed by atoms with van der Waals surface area (Å²) in [7, 11) is 4.20. The molecule has 6 nitrogen and oxygen atoms in total. The van der Waals surface area contributed by atoms with Crippen LogP contribution in [0.5, 0.6) is 11.5 Å². The van der Waals surface area contributed by atoms with Crippen molar-refractivity contribution in [1.82, 2.24) is 10.0 Å². The third-order valence-corrected chi connectivity index (χ3v) is 3.08. The maximum atomic E-state index is 12.1. The molecule has 0 radical (unpaired) electrons. The van der Waals surface area contributed by atoms with Gasteiger partial charge in [0, 0.05) is 7.05 Å². The van der Waals surface area contributed by atoms with Gasteiger partial charge in [-0.2, -0.15) is 13.2 Å². The highest BCUT2D eigenvalue weighted by Crippen LogP contribution is 2.28. The number of nitrogens with zero attached hydrogens (tertiary/aromatic N) is 1. The summed E-state index contributed by atoms with van der Waals surface area (Å²) < 4.78 is 48.4. The van der Waals surface area contributed by atoms with Crippen LogP contribution in [0.25, 0.3) is 0 Å². The molecule has 0 spiro atoms. The first-order valence-electron chi connectivity index (χ1n) is 6.27. The summed E-state index contributed by atoms with van der Waals surface area (Å²) in [6.07, 6.45) is -0.0578. The number of hydrogen-bond donors (Lipinski definition) is 2. The average Bonchev–Trinajstić information content (AvgIpc) is 2.50. The lowest BCUT2D eigenvalue weighted by Crippen LogP contribution is -2.39. The summed E-state index contributed by atoms with van der Waals surface area (Å²) in [5, 5.41) is 2.26. The Morgan fingerprint density at radius 2 is 1.91 bits per heavy atom. The van der Waals surface area contributed by atoms with E-state index in [1.807, 2.05) is 4.72 Å². The van der Waals surface area contributed by atoms with E-state index in [2.05, 4.69) is 10.3 Å². The Morgan fingerprint density at radius 3 is 2.43 bits per heavy atom. The zero-order valence-corrected chi connectivity index (χ0v) is 13.5. The molecule has 0 aliphatic rings. The molecule has 128 valence electrons. The van der Waals surface area contributed by atoms with E-state index < -0.39 is 23.4 Å². The third kappa shape index (κ3) is 6.68. The summed E-state index contributed by atoms with van der Waals surface area (Å²) >= 11 is -0.506. The minimum atomic E-state index is -4.48. The number of rotatable bonds is 5. The SMILES string of the molecule is CN=C(NSC(F)(F)F)NC(=O)Cc1ccc(OC)c(OC)c1. The van der Waals surface area contributed by atoms with Crippen LogP contribution in [-0.4, -0.2) is 38.6 Å². The van der Waals surface area contributed by atoms with Crippen LogP contribution in [-0.2, 0) is 11.2 Å². The lowest BCUT2D eigenvalue weighted by Gasteiger charge is -2.12. The standard InChI is InChI=1S/C13H16F3N3O3S/c1-17-12(19-23-13(14,15)16)18-11(20)7-8-4-5-9(21-2)10(6-8)22-3/h4-6H,7H2,1-3H3,(H2,17,18,19,20). The van der Waals surface area contributed by atoms with E-state index in [9.17, 15) is 18.0 Å². The highest BCUT2D eigenvalue weighted by atomic mass is 32.2. The lowest BCUT2D eigenvalue weighted by atomic mass is 10.1. The smallest absolute Gasteiger partial charge is 0.461 e. The van der Waals surface area contributed by atoms with Gasteiger partial charge in [-0.15, -0.1) is 0 Å². The molecule has 0 atom stereocenters. The second-order valence-corrected chi connectivity index (χ2v) is 5.01. The van der Waals surface area contributed by atoms with Crippen LogP contribution >= 0.6 is 11.9 Å². The second kappa shape index (κ2) is 8.51. The summed E-state index contributed by atoms with van der Waals surface area (Å²) in [4.78, 5) is 15.4. The fourth-order valence-electron chi connectivity index (χ4n) is 1.59. The summed E-state index contributed by atoms with van der Waals surface area (Å²) in [6.45, 7) is 0. The maximum Gasteiger partial charge on any atom is 0.461 e. The van der Waals surface area contributed by atoms with Crippen LogP contribution in [0, 0.1) is 0 Å². The topological polar surface area (TPSA) is 72.0 Å². The number of aliphatic imine (C=N–C) groups is 1. The number of benzene rings is 1. The van der Waals surface area contributed by atoms with E-state index in [-0.39, 0.29) is 12.4 Å². The molecule has 1 aromatic rings. The van der Waals surface area contributed by atoms with Crippen molar-refractivity contribution in [3.05, 3.63) is 23.8 Å². The van der Waals surface area contributed by atoms with Crippen molar-refractivity contribution in [3.63, 3.8) is 0 Å². The number of methoxy groups -OCH3 is 2. The predicted molar refractivity (Wildman–Crippen MR) is 81.5 cm³/mol. The zero-order chi connectivity index (χ0) is 17.5. The molecule has 0 aromatic heterocycles. The van der Waals surface area contributed by atoms with Gasteiger partial charge in [0.15, 0.2) is 11.5 Å². The molecular formula is C13H16F3N3O3S. The van der Waals surface area contributed by atoms with E-state index in [1.54, 1.807) is 18.2 Å². The summed E-state index contributed by atoms with van der Waals surface area (Å²) in [5.41, 5.74) is -3.87. The van der Waals surface area contributed by atoms with E-state index in [0.717, 1.165) is 0 Å². The first-order valence-corrected chi connectivity index (χ1v) is 7.09. The summed E-state index contributed by atoms with van der Waals surface area (Å²) in [6, 6.07) is 4.90. The molecule has 23 heavy (non-hydrogen) atoms. The molecule has 10 heteroatoms. The largest absolute Gasteiger partial charge is 0.493 e. The Hall–Kier alpha value is -2.10. The summed E-state index contributed by atoms with van der Waals surface area (Å²) in [5.74, 6) is 0.162. The first kappa shape index (κ1) is 18.9. The molecule has 1 aromatic carbocycles. The van der Waals surface area contributed by atoms with Crippen molar-refractivity contribution < 1.29 is 27.4 Å². The zero-order valence-electron chi connectivity index (χ0n) is 12.7. The van der Waals surface area contributed by atoms with Crippen molar-refractivity contribution in [3.8, 4) is 11.5 Å². The minimum absolute atomic E-state index is 0.0578. The Bertz CT molecular complexity index is 579. The van der Waals surface area contributed by atoms with Gasteiger partial charge in [0.05, 0.1) is 32.6 Å². The van der Waals surface area contributed by atoms with E-state index in [1.165, 1.54) is 21.3 Å². The van der Waals surface area contributed by atoms with Gasteiger partial charge in [0.25, 0.3) is 0 Å². The number of carbonyl (C=O) groups excluding carboxylic acids is 1. The number of amides is 1. The van der Waals surface area contributed by atoms with Gasteiger partial charge in [0.1, 0.15) is 0 Å². The molecule has 0 aliphatic heterocycles. The number of ether oxygens (including phenoxy) is 2. The molecule has 2 N–H and O–H groups in total. The van der Waals surface area contributed by atoms with Crippen LogP contribution < -0.4 is 19.5 Å². The van der Waals surface area contributed by atoms with Crippen molar-refractivity contribution in [2.24, 2.45) is 4.99 Å². The molecule has 0 bridgehead atoms. The fourth-order valence-corrected chi connectivity index (χ4v) is 1.94. The lowest BCUT2D eigenvalue weighted by molar-refractivity contribution is -0.119. The number of carbonyl (C=O) groups is 1. The molecule has 0 fully saturated rings. The Morgan fingerprint density at radius 1 is 1.26 bits per heavy atom. The maximum absolute atomic E-state index is 12.1. The highest BCUT2D eigenvalue weighted by molar-refractivity contribution is 7.98. The van der Waals surface area contributed by atoms with Crippen molar-refractivity contribution in [2.75, 3.05) is 21.3 Å². The molecule has 0 aliphatic carbocycles. The van der Waals surface area contributed by atoms with Crippen LogP contribution in [0.1, 0.15) is 5.56 Å². The minimum Gasteiger partial charge on any atom is -0.493 e. The molecule has 0 saturated carbocycles. The number of alkyl halides is 3. The van der Waals surface area contributed by atoms with Gasteiger partial charge in [0.2, 0.25) is 11.9 Å². The normalized spacial score (nSPS) is 11.8. The molecule has 1 amide bonds. The van der Waals surface area contributed by atoms with E-state index in [4.69, 9.17) is 9.47 Å². The number of nitrogens with one attached hydrogen (secondary N) is 2. The van der Waals surface area contributed by atoms with Crippen LogP contribution in [0.15, 0.2) is 23.2 Å². The van der Waals surface area contributed by atoms with Crippen LogP contribution in [0.4, 0.5) is 13.2 Å². The highest BCUT2D eigenvalue weighted by Gasteiger charge is 2.29. The van der Waals surface area contributed by atoms with Gasteiger partial charge in [-0.05, 0) is 17.7 Å². The molecular weight excluding hydrogens is 335 g/mol. The molecule has 0 saturated heterocycles. The van der Waals surface area contributed by atoms with Gasteiger partial charge < -0.3 is 9.47 Å². The van der Waals surface area contributed by atoms with E-state index >= 15 is 0 Å². The van der Waals surface area contributed by atoms with Gasteiger partial charge >= 0.3 is 5.51 Å². The fraction of sp³-hybridized carbons (Fsp3) is 0.385. The Balaban J connectivity index is 2.65. The van der Waals surface area contributed by atoms with Crippen molar-refractivity contribution in [2.45, 2.75) is 11.9 Å². The van der Waals surface area contributed by atoms with Crippen molar-refractivity contribution >= 4 is 23.8 Å². The van der Waals surface area contributed by atoms with Gasteiger partial charge in [-0.25, -0.2) is 0 Å². The second-order valence-electron chi connectivity index (χ2n) is 4.14. The van der Waals surface area contributed by atoms with Gasteiger partial charge in [-0.1, -0.05) is 6.07 Å². The predicted octanol–water partition coefficient (Wildman–Crippen LogP) is 2.11. The third-order valence-electron chi connectivity index (χ3n) is 2.56. The van der Waals surface area contributed by atoms with E-state index in [0.29, 0.717) is 17.1 Å². The van der Waals surface area contributed by atoms with Crippen molar-refractivity contribution in [1.29, 1.82) is 0 Å². The molecule has 0 unspecified atom stereocenters. The van der Waals surface area contributed by atoms with Gasteiger partial charge in [-0.3, -0.25) is 19.8 Å². The average molecular weight is 351 g/mol. The van der Waals surface area contributed by atoms with Crippen LogP contribution in [0.3, 0.4) is 0 Å². The quantitative estimate of drug-likeness (QED) is 0.483. The first-order chi connectivity index (χ1) is 10.8. The Labute approximate surface area is 135 Å². The molecule has 1 rings (SSSR count). The molecule has 0 heterocycles. The number of guanidine groups is 1. The Kier molecular flexibility index (Phi) is 7.01.